The summed E-state index contributed by atoms with van der Waals surface area (Å²) in [6.07, 6.45) is 9.70. The largest absolute Gasteiger partial charge is 0.512 e. The van der Waals surface area contributed by atoms with Crippen LogP contribution in [0.2, 0.25) is 0 Å². The molecular formula is C25H22O2. The first-order chi connectivity index (χ1) is 13.2. The van der Waals surface area contributed by atoms with Crippen molar-refractivity contribution in [3.05, 3.63) is 94.5 Å². The Balaban J connectivity index is 1.48. The molecule has 2 bridgehead atoms. The third kappa shape index (κ3) is 2.01. The van der Waals surface area contributed by atoms with Crippen molar-refractivity contribution in [1.29, 1.82) is 0 Å². The van der Waals surface area contributed by atoms with Crippen molar-refractivity contribution in [1.82, 2.24) is 0 Å². The fourth-order valence-electron chi connectivity index (χ4n) is 6.31. The molecule has 2 N–H and O–H groups in total. The van der Waals surface area contributed by atoms with Crippen LogP contribution in [0.1, 0.15) is 40.5 Å². The lowest BCUT2D eigenvalue weighted by Crippen LogP contribution is -2.31. The average Bonchev–Trinajstić information content (AvgIpc) is 3.41. The van der Waals surface area contributed by atoms with E-state index in [-0.39, 0.29) is 11.8 Å². The number of rotatable bonds is 2. The molecule has 6 atom stereocenters. The van der Waals surface area contributed by atoms with E-state index in [1.54, 1.807) is 0 Å². The maximum absolute atomic E-state index is 10.9. The normalized spacial score (nSPS) is 35.1. The number of fused-ring (bicyclic) bond motifs is 4. The van der Waals surface area contributed by atoms with Crippen molar-refractivity contribution in [2.24, 2.45) is 23.7 Å². The van der Waals surface area contributed by atoms with Crippen molar-refractivity contribution in [2.45, 2.75) is 18.3 Å². The molecule has 4 aliphatic rings. The highest BCUT2D eigenvalue weighted by molar-refractivity contribution is 5.67. The monoisotopic (exact) mass is 354 g/mol. The van der Waals surface area contributed by atoms with E-state index >= 15 is 0 Å². The molecule has 1 saturated carbocycles. The minimum absolute atomic E-state index is 0.0340. The Kier molecular flexibility index (Phi) is 3.06. The van der Waals surface area contributed by atoms with Crippen LogP contribution in [0.3, 0.4) is 0 Å². The summed E-state index contributed by atoms with van der Waals surface area (Å²) in [6.45, 7) is 0. The zero-order chi connectivity index (χ0) is 18.1. The fourth-order valence-corrected chi connectivity index (χ4v) is 6.31. The van der Waals surface area contributed by atoms with Gasteiger partial charge in [0.05, 0.1) is 0 Å². The molecule has 0 aromatic heterocycles. The van der Waals surface area contributed by atoms with Gasteiger partial charge in [-0.2, -0.15) is 0 Å². The number of allylic oxidation sites excluding steroid dienone is 4. The maximum Gasteiger partial charge on any atom is 0.101 e. The first-order valence-electron chi connectivity index (χ1n) is 9.89. The molecule has 2 heteroatoms. The molecule has 0 amide bonds. The zero-order valence-corrected chi connectivity index (χ0v) is 15.0. The van der Waals surface area contributed by atoms with Gasteiger partial charge in [0.25, 0.3) is 0 Å². The second-order valence-electron chi connectivity index (χ2n) is 8.45. The van der Waals surface area contributed by atoms with E-state index in [1.165, 1.54) is 11.1 Å². The van der Waals surface area contributed by atoms with Crippen molar-refractivity contribution in [3.63, 3.8) is 0 Å². The van der Waals surface area contributed by atoms with E-state index < -0.39 is 0 Å². The molecule has 2 aromatic carbocycles. The molecule has 6 unspecified atom stereocenters. The van der Waals surface area contributed by atoms with E-state index in [4.69, 9.17) is 0 Å². The second kappa shape index (κ2) is 5.39. The van der Waals surface area contributed by atoms with Crippen LogP contribution in [0.25, 0.3) is 12.2 Å². The van der Waals surface area contributed by atoms with Gasteiger partial charge in [-0.25, -0.2) is 0 Å². The Morgan fingerprint density at radius 3 is 1.56 bits per heavy atom. The number of aliphatic hydroxyl groups is 2. The molecule has 0 radical (unpaired) electrons. The van der Waals surface area contributed by atoms with Crippen LogP contribution in [0, 0.1) is 23.7 Å². The van der Waals surface area contributed by atoms with Gasteiger partial charge >= 0.3 is 0 Å². The van der Waals surface area contributed by atoms with E-state index in [9.17, 15) is 10.2 Å². The summed E-state index contributed by atoms with van der Waals surface area (Å²) in [5.41, 5.74) is 4.75. The second-order valence-corrected chi connectivity index (χ2v) is 8.45. The van der Waals surface area contributed by atoms with Crippen molar-refractivity contribution in [3.8, 4) is 0 Å². The van der Waals surface area contributed by atoms with Gasteiger partial charge in [0.1, 0.15) is 11.5 Å². The molecule has 0 spiro atoms. The van der Waals surface area contributed by atoms with E-state index in [0.717, 1.165) is 17.5 Å². The third-order valence-electron chi connectivity index (χ3n) is 7.26. The molecule has 0 saturated heterocycles. The Bertz CT molecular complexity index is 947. The minimum atomic E-state index is 0.0340. The van der Waals surface area contributed by atoms with Crippen LogP contribution >= 0.6 is 0 Å². The van der Waals surface area contributed by atoms with E-state index in [2.05, 4.69) is 48.6 Å². The Morgan fingerprint density at radius 2 is 1.07 bits per heavy atom. The average molecular weight is 354 g/mol. The minimum Gasteiger partial charge on any atom is -0.512 e. The smallest absolute Gasteiger partial charge is 0.101 e. The molecule has 6 rings (SSSR count). The number of aliphatic hydroxyl groups excluding tert-OH is 2. The lowest BCUT2D eigenvalue weighted by Gasteiger charge is -2.37. The van der Waals surface area contributed by atoms with Gasteiger partial charge < -0.3 is 10.2 Å². The van der Waals surface area contributed by atoms with Crippen molar-refractivity contribution < 1.29 is 10.2 Å². The highest BCUT2D eigenvalue weighted by Gasteiger charge is 2.54. The fraction of sp³-hybridized carbons (Fsp3) is 0.280. The van der Waals surface area contributed by atoms with Crippen molar-refractivity contribution >= 4 is 12.2 Å². The highest BCUT2D eigenvalue weighted by atomic mass is 16.3. The maximum atomic E-state index is 10.9. The molecule has 0 aliphatic heterocycles. The van der Waals surface area contributed by atoms with Gasteiger partial charge in [-0.05, 0) is 64.5 Å². The van der Waals surface area contributed by atoms with Crippen LogP contribution in [0.4, 0.5) is 0 Å². The Labute approximate surface area is 159 Å². The Hall–Kier alpha value is -2.74. The predicted octanol–water partition coefficient (Wildman–Crippen LogP) is 5.82. The summed E-state index contributed by atoms with van der Waals surface area (Å²) in [5.74, 6) is 2.60. The number of hydrogen-bond acceptors (Lipinski definition) is 2. The van der Waals surface area contributed by atoms with Crippen LogP contribution in [-0.4, -0.2) is 10.2 Å². The molecular weight excluding hydrogens is 332 g/mol. The summed E-state index contributed by atoms with van der Waals surface area (Å²) >= 11 is 0. The van der Waals surface area contributed by atoms with Crippen molar-refractivity contribution in [2.75, 3.05) is 0 Å². The van der Waals surface area contributed by atoms with Gasteiger partial charge in [0, 0.05) is 11.8 Å². The zero-order valence-electron chi connectivity index (χ0n) is 15.0. The van der Waals surface area contributed by atoms with E-state index in [0.29, 0.717) is 35.2 Å². The summed E-state index contributed by atoms with van der Waals surface area (Å²) in [5, 5.41) is 21.8. The highest BCUT2D eigenvalue weighted by Crippen LogP contribution is 2.62. The van der Waals surface area contributed by atoms with Gasteiger partial charge in [0.2, 0.25) is 0 Å². The molecule has 0 heterocycles. The summed E-state index contributed by atoms with van der Waals surface area (Å²) in [4.78, 5) is 0. The molecule has 134 valence electrons. The molecule has 1 fully saturated rings. The quantitative estimate of drug-likeness (QED) is 0.667. The SMILES string of the molecule is OC1=Cc2ccccc2C1C1C2C=CC(C2)C1C1C(O)=Cc2ccccc21. The summed E-state index contributed by atoms with van der Waals surface area (Å²) in [6, 6.07) is 16.7. The topological polar surface area (TPSA) is 40.5 Å². The third-order valence-corrected chi connectivity index (χ3v) is 7.26. The number of hydrogen-bond donors (Lipinski definition) is 2. The summed E-state index contributed by atoms with van der Waals surface area (Å²) < 4.78 is 0. The first-order valence-corrected chi connectivity index (χ1v) is 9.89. The van der Waals surface area contributed by atoms with Crippen LogP contribution < -0.4 is 0 Å². The van der Waals surface area contributed by atoms with Gasteiger partial charge in [0.15, 0.2) is 0 Å². The van der Waals surface area contributed by atoms with E-state index in [1.807, 2.05) is 24.3 Å². The van der Waals surface area contributed by atoms with Gasteiger partial charge in [-0.1, -0.05) is 60.7 Å². The lowest BCUT2D eigenvalue weighted by atomic mass is 9.66. The number of benzene rings is 2. The molecule has 2 aromatic rings. The summed E-state index contributed by atoms with van der Waals surface area (Å²) in [7, 11) is 0. The van der Waals surface area contributed by atoms with Gasteiger partial charge in [-0.3, -0.25) is 0 Å². The lowest BCUT2D eigenvalue weighted by molar-refractivity contribution is 0.196. The van der Waals surface area contributed by atoms with Crippen LogP contribution in [0.15, 0.2) is 72.2 Å². The molecule has 4 aliphatic carbocycles. The van der Waals surface area contributed by atoms with Crippen LogP contribution in [0.5, 0.6) is 0 Å². The standard InChI is InChI=1S/C25H22O2/c26-20-12-14-5-1-3-7-18(14)24(20)22-16-9-10-17(11-16)23(22)25-19-8-4-2-6-15(19)13-21(25)27/h1-10,12-13,16-17,22-27H,11H2. The predicted molar refractivity (Wildman–Crippen MR) is 107 cm³/mol. The van der Waals surface area contributed by atoms with Crippen LogP contribution in [-0.2, 0) is 0 Å². The Morgan fingerprint density at radius 1 is 0.630 bits per heavy atom. The molecule has 2 nitrogen and oxygen atoms in total. The first kappa shape index (κ1) is 15.3. The van der Waals surface area contributed by atoms with Gasteiger partial charge in [-0.15, -0.1) is 0 Å². The molecule has 27 heavy (non-hydrogen) atoms.